The summed E-state index contributed by atoms with van der Waals surface area (Å²) in [5, 5.41) is 16.4. The van der Waals surface area contributed by atoms with Crippen molar-refractivity contribution >= 4 is 18.5 Å². The molecule has 25 heavy (non-hydrogen) atoms. The van der Waals surface area contributed by atoms with Crippen LogP contribution in [0, 0.1) is 0 Å². The number of tetrazole rings is 1. The molecule has 8 nitrogen and oxygen atoms in total. The van der Waals surface area contributed by atoms with E-state index in [1.54, 1.807) is 12.1 Å². The van der Waals surface area contributed by atoms with Crippen LogP contribution in [0.25, 0.3) is 0 Å². The van der Waals surface area contributed by atoms with Crippen LogP contribution in [-0.2, 0) is 15.7 Å². The lowest BCUT2D eigenvalue weighted by Gasteiger charge is -2.32. The molecule has 1 amide bonds. The Morgan fingerprint density at radius 3 is 2.60 bits per heavy atom. The average Bonchev–Trinajstić information content (AvgIpc) is 3.14. The Morgan fingerprint density at radius 2 is 1.96 bits per heavy atom. The number of amides is 1. The third kappa shape index (κ3) is 3.72. The molecule has 1 aliphatic heterocycles. The van der Waals surface area contributed by atoms with Crippen LogP contribution in [0.15, 0.2) is 24.3 Å². The Hall–Kier alpha value is -2.26. The van der Waals surface area contributed by atoms with Crippen molar-refractivity contribution in [2.45, 2.75) is 45.3 Å². The first-order chi connectivity index (χ1) is 11.8. The lowest BCUT2D eigenvalue weighted by atomic mass is 9.78. The second-order valence-electron chi connectivity index (χ2n) is 7.05. The molecule has 2 N–H and O–H groups in total. The molecule has 1 fully saturated rings. The van der Waals surface area contributed by atoms with Gasteiger partial charge in [-0.15, -0.1) is 10.2 Å². The molecule has 0 aliphatic carbocycles. The molecule has 2 aromatic rings. The van der Waals surface area contributed by atoms with E-state index >= 15 is 0 Å². The summed E-state index contributed by atoms with van der Waals surface area (Å²) in [5.74, 6) is 0.396. The number of nitrogens with zero attached hydrogens (tertiary/aromatic N) is 3. The Labute approximate surface area is 146 Å². The van der Waals surface area contributed by atoms with Gasteiger partial charge in [-0.2, -0.15) is 5.21 Å². The van der Waals surface area contributed by atoms with Gasteiger partial charge in [-0.25, -0.2) is 0 Å². The van der Waals surface area contributed by atoms with Gasteiger partial charge < -0.3 is 14.6 Å². The van der Waals surface area contributed by atoms with E-state index in [1.807, 2.05) is 39.8 Å². The summed E-state index contributed by atoms with van der Waals surface area (Å²) in [7, 11) is -0.489. The molecule has 0 radical (unpaired) electrons. The molecule has 1 saturated heterocycles. The molecule has 0 unspecified atom stereocenters. The summed E-state index contributed by atoms with van der Waals surface area (Å²) in [6.45, 7) is 8.44. The Kier molecular flexibility index (Phi) is 4.61. The van der Waals surface area contributed by atoms with Gasteiger partial charge in [-0.05, 0) is 45.3 Å². The quantitative estimate of drug-likeness (QED) is 0.766. The van der Waals surface area contributed by atoms with Crippen LogP contribution in [0.4, 0.5) is 0 Å². The Morgan fingerprint density at radius 1 is 1.24 bits per heavy atom. The zero-order valence-electron chi connectivity index (χ0n) is 14.9. The minimum atomic E-state index is -0.489. The third-order valence-electron chi connectivity index (χ3n) is 4.70. The Balaban J connectivity index is 1.64. The van der Waals surface area contributed by atoms with Crippen molar-refractivity contribution in [1.29, 1.82) is 0 Å². The average molecular weight is 343 g/mol. The van der Waals surface area contributed by atoms with Crippen molar-refractivity contribution in [2.24, 2.45) is 0 Å². The van der Waals surface area contributed by atoms with E-state index in [9.17, 15) is 4.79 Å². The summed E-state index contributed by atoms with van der Waals surface area (Å²) >= 11 is 0. The fourth-order valence-corrected chi connectivity index (χ4v) is 2.48. The minimum Gasteiger partial charge on any atom is -0.399 e. The number of nitrogens with one attached hydrogen (secondary N) is 2. The van der Waals surface area contributed by atoms with Crippen molar-refractivity contribution in [2.75, 3.05) is 6.54 Å². The highest BCUT2D eigenvalue weighted by Gasteiger charge is 2.51. The maximum absolute atomic E-state index is 12.3. The number of hydrogen-bond acceptors (Lipinski definition) is 6. The molecule has 2 heterocycles. The van der Waals surface area contributed by atoms with Crippen molar-refractivity contribution in [3.63, 3.8) is 0 Å². The highest BCUT2D eigenvalue weighted by Crippen LogP contribution is 2.36. The molecule has 9 heteroatoms. The summed E-state index contributed by atoms with van der Waals surface area (Å²) in [6, 6.07) is 7.29. The molecular weight excluding hydrogens is 321 g/mol. The van der Waals surface area contributed by atoms with E-state index in [0.29, 0.717) is 24.4 Å². The fourth-order valence-electron chi connectivity index (χ4n) is 2.48. The Bertz CT molecular complexity index is 732. The normalized spacial score (nSPS) is 18.3. The number of carbonyl (C=O) groups is 1. The van der Waals surface area contributed by atoms with Gasteiger partial charge in [-0.3, -0.25) is 4.79 Å². The molecule has 1 aromatic carbocycles. The van der Waals surface area contributed by atoms with Gasteiger partial charge >= 0.3 is 7.12 Å². The number of H-pyrrole nitrogens is 1. The standard InChI is InChI=1S/C16H22BN5O3/c1-15(2)16(3,4)25-17(24-15)12-7-5-6-11(10-12)14(23)18-9-8-13-19-21-22-20-13/h5-7,10H,8-9H2,1-4H3,(H,18,23)(H,19,20,21,22). The minimum absolute atomic E-state index is 0.165. The summed E-state index contributed by atoms with van der Waals surface area (Å²) in [6.07, 6.45) is 0.513. The maximum atomic E-state index is 12.3. The van der Waals surface area contributed by atoms with Gasteiger partial charge in [0.2, 0.25) is 0 Å². The van der Waals surface area contributed by atoms with Crippen LogP contribution in [0.1, 0.15) is 43.9 Å². The van der Waals surface area contributed by atoms with Crippen LogP contribution in [0.5, 0.6) is 0 Å². The lowest BCUT2D eigenvalue weighted by Crippen LogP contribution is -2.41. The first-order valence-corrected chi connectivity index (χ1v) is 8.25. The summed E-state index contributed by atoms with van der Waals surface area (Å²) in [4.78, 5) is 12.3. The number of carbonyl (C=O) groups excluding carboxylic acids is 1. The zero-order chi connectivity index (χ0) is 18.1. The van der Waals surface area contributed by atoms with Gasteiger partial charge in [0.15, 0.2) is 5.82 Å². The van der Waals surface area contributed by atoms with Crippen molar-refractivity contribution in [3.05, 3.63) is 35.7 Å². The van der Waals surface area contributed by atoms with Gasteiger partial charge in [-0.1, -0.05) is 17.3 Å². The molecule has 0 atom stereocenters. The molecule has 132 valence electrons. The van der Waals surface area contributed by atoms with Gasteiger partial charge in [0.25, 0.3) is 5.91 Å². The predicted molar refractivity (Wildman–Crippen MR) is 92.4 cm³/mol. The number of hydrogen-bond donors (Lipinski definition) is 2. The highest BCUT2D eigenvalue weighted by atomic mass is 16.7. The summed E-state index contributed by atoms with van der Waals surface area (Å²) < 4.78 is 12.1. The number of benzene rings is 1. The lowest BCUT2D eigenvalue weighted by molar-refractivity contribution is 0.00578. The molecule has 0 bridgehead atoms. The van der Waals surface area contributed by atoms with Crippen LogP contribution in [-0.4, -0.2) is 51.4 Å². The van der Waals surface area contributed by atoms with E-state index in [0.717, 1.165) is 5.46 Å². The van der Waals surface area contributed by atoms with Crippen LogP contribution >= 0.6 is 0 Å². The third-order valence-corrected chi connectivity index (χ3v) is 4.70. The van der Waals surface area contributed by atoms with E-state index < -0.39 is 18.3 Å². The van der Waals surface area contributed by atoms with E-state index in [4.69, 9.17) is 9.31 Å². The molecule has 1 aliphatic rings. The molecule has 0 spiro atoms. The van der Waals surface area contributed by atoms with Crippen molar-refractivity contribution in [1.82, 2.24) is 25.9 Å². The van der Waals surface area contributed by atoms with Crippen molar-refractivity contribution < 1.29 is 14.1 Å². The molecule has 3 rings (SSSR count). The summed E-state index contributed by atoms with van der Waals surface area (Å²) in [5.41, 5.74) is 0.547. The maximum Gasteiger partial charge on any atom is 0.494 e. The smallest absolute Gasteiger partial charge is 0.399 e. The zero-order valence-corrected chi connectivity index (χ0v) is 14.9. The SMILES string of the molecule is CC1(C)OB(c2cccc(C(=O)NCCc3nn[nH]n3)c2)OC1(C)C. The predicted octanol–water partition coefficient (Wildman–Crippen LogP) is 0.471. The van der Waals surface area contributed by atoms with Crippen LogP contribution in [0.3, 0.4) is 0 Å². The number of aromatic amines is 1. The molecule has 0 saturated carbocycles. The van der Waals surface area contributed by atoms with Crippen molar-refractivity contribution in [3.8, 4) is 0 Å². The second-order valence-corrected chi connectivity index (χ2v) is 7.05. The van der Waals surface area contributed by atoms with Crippen LogP contribution in [0.2, 0.25) is 0 Å². The number of aromatic nitrogens is 4. The number of rotatable bonds is 5. The molecular formula is C16H22BN5O3. The first kappa shape index (κ1) is 17.6. The van der Waals surface area contributed by atoms with Gasteiger partial charge in [0.05, 0.1) is 11.2 Å². The molecule has 1 aromatic heterocycles. The van der Waals surface area contributed by atoms with E-state index in [2.05, 4.69) is 25.9 Å². The largest absolute Gasteiger partial charge is 0.494 e. The van der Waals surface area contributed by atoms with E-state index in [1.165, 1.54) is 0 Å². The first-order valence-electron chi connectivity index (χ1n) is 8.25. The van der Waals surface area contributed by atoms with E-state index in [-0.39, 0.29) is 5.91 Å². The monoisotopic (exact) mass is 343 g/mol. The second kappa shape index (κ2) is 6.57. The fraction of sp³-hybridized carbons (Fsp3) is 0.500. The topological polar surface area (TPSA) is 102 Å². The van der Waals surface area contributed by atoms with Crippen LogP contribution < -0.4 is 10.8 Å². The highest BCUT2D eigenvalue weighted by molar-refractivity contribution is 6.62. The van der Waals surface area contributed by atoms with Gasteiger partial charge in [0.1, 0.15) is 0 Å². The van der Waals surface area contributed by atoms with Gasteiger partial charge in [0, 0.05) is 18.5 Å².